The van der Waals surface area contributed by atoms with E-state index in [-0.39, 0.29) is 35.6 Å². The number of amides is 1. The van der Waals surface area contributed by atoms with E-state index in [1.54, 1.807) is 31.6 Å². The van der Waals surface area contributed by atoms with Gasteiger partial charge in [-0.05, 0) is 35.6 Å². The Morgan fingerprint density at radius 3 is 2.58 bits per heavy atom. The molecule has 0 unspecified atom stereocenters. The molecule has 2 atom stereocenters. The fraction of sp³-hybridized carbons (Fsp3) is 0.320. The first-order valence-electron chi connectivity index (χ1n) is 10.6. The molecule has 5 nitrogen and oxygen atoms in total. The molecule has 3 aromatic rings. The molecule has 0 spiro atoms. The Morgan fingerprint density at radius 2 is 1.94 bits per heavy atom. The SMILES string of the molecule is CCC(=O)c1ccc(C[C@@H](CNC(=O)C[C@H](C)c2ccccc2)n2ccnc2)cc1F. The van der Waals surface area contributed by atoms with Gasteiger partial charge in [-0.25, -0.2) is 9.37 Å². The van der Waals surface area contributed by atoms with E-state index < -0.39 is 5.82 Å². The Morgan fingerprint density at radius 1 is 1.16 bits per heavy atom. The fourth-order valence-electron chi connectivity index (χ4n) is 3.62. The van der Waals surface area contributed by atoms with Gasteiger partial charge < -0.3 is 9.88 Å². The lowest BCUT2D eigenvalue weighted by Crippen LogP contribution is -2.32. The van der Waals surface area contributed by atoms with E-state index in [2.05, 4.69) is 10.3 Å². The minimum absolute atomic E-state index is 0.0310. The van der Waals surface area contributed by atoms with Crippen LogP contribution in [-0.4, -0.2) is 27.8 Å². The van der Waals surface area contributed by atoms with Crippen LogP contribution in [0.1, 0.15) is 60.1 Å². The third kappa shape index (κ3) is 6.10. The largest absolute Gasteiger partial charge is 0.354 e. The van der Waals surface area contributed by atoms with Crippen molar-refractivity contribution in [3.05, 3.63) is 89.8 Å². The minimum atomic E-state index is -0.505. The summed E-state index contributed by atoms with van der Waals surface area (Å²) in [5.41, 5.74) is 2.00. The molecule has 3 rings (SSSR count). The maximum atomic E-state index is 14.4. The second-order valence-electron chi connectivity index (χ2n) is 7.78. The van der Waals surface area contributed by atoms with E-state index >= 15 is 0 Å². The number of aromatic nitrogens is 2. The number of carbonyl (C=O) groups excluding carboxylic acids is 2. The Balaban J connectivity index is 1.65. The van der Waals surface area contributed by atoms with Gasteiger partial charge in [0.1, 0.15) is 5.82 Å². The molecule has 0 fully saturated rings. The molecule has 162 valence electrons. The van der Waals surface area contributed by atoms with Crippen LogP contribution in [0.3, 0.4) is 0 Å². The molecule has 0 aliphatic carbocycles. The zero-order valence-electron chi connectivity index (χ0n) is 17.9. The third-order valence-corrected chi connectivity index (χ3v) is 5.47. The van der Waals surface area contributed by atoms with E-state index in [0.717, 1.165) is 11.1 Å². The van der Waals surface area contributed by atoms with Crippen molar-refractivity contribution in [3.8, 4) is 0 Å². The van der Waals surface area contributed by atoms with Gasteiger partial charge >= 0.3 is 0 Å². The number of hydrogen-bond donors (Lipinski definition) is 1. The van der Waals surface area contributed by atoms with Crippen molar-refractivity contribution in [2.45, 2.75) is 45.1 Å². The van der Waals surface area contributed by atoms with Crippen molar-refractivity contribution in [1.29, 1.82) is 0 Å². The number of rotatable bonds is 10. The summed E-state index contributed by atoms with van der Waals surface area (Å²) in [6, 6.07) is 14.5. The van der Waals surface area contributed by atoms with Crippen molar-refractivity contribution in [2.75, 3.05) is 6.54 Å². The summed E-state index contributed by atoms with van der Waals surface area (Å²) >= 11 is 0. The Bertz CT molecular complexity index is 1000. The number of Topliss-reactive ketones (excluding diaryl/α,β-unsaturated/α-hetero) is 1. The van der Waals surface area contributed by atoms with Gasteiger partial charge in [0.15, 0.2) is 5.78 Å². The molecule has 0 bridgehead atoms. The fourth-order valence-corrected chi connectivity index (χ4v) is 3.62. The standard InChI is InChI=1S/C25H28FN3O2/c1-3-24(30)22-10-9-19(15-23(22)26)14-21(29-12-11-27-17-29)16-28-25(31)13-18(2)20-7-5-4-6-8-20/h4-12,15,17-18,21H,3,13-14,16H2,1-2H3,(H,28,31)/t18-,21-/m0/s1. The average molecular weight is 422 g/mol. The highest BCUT2D eigenvalue weighted by molar-refractivity contribution is 5.96. The Hall–Kier alpha value is -3.28. The lowest BCUT2D eigenvalue weighted by Gasteiger charge is -2.20. The van der Waals surface area contributed by atoms with Gasteiger partial charge in [-0.1, -0.05) is 50.2 Å². The zero-order valence-corrected chi connectivity index (χ0v) is 17.9. The first-order chi connectivity index (χ1) is 15.0. The molecule has 0 aliphatic heterocycles. The summed E-state index contributed by atoms with van der Waals surface area (Å²) in [6.45, 7) is 4.14. The van der Waals surface area contributed by atoms with Crippen LogP contribution in [0, 0.1) is 5.82 Å². The van der Waals surface area contributed by atoms with Crippen molar-refractivity contribution >= 4 is 11.7 Å². The average Bonchev–Trinajstić information content (AvgIpc) is 3.31. The van der Waals surface area contributed by atoms with Crippen LogP contribution in [0.4, 0.5) is 4.39 Å². The molecular weight excluding hydrogens is 393 g/mol. The molecule has 0 radical (unpaired) electrons. The van der Waals surface area contributed by atoms with E-state index in [1.165, 1.54) is 6.07 Å². The first-order valence-corrected chi connectivity index (χ1v) is 10.6. The third-order valence-electron chi connectivity index (χ3n) is 5.47. The van der Waals surface area contributed by atoms with Crippen molar-refractivity contribution in [2.24, 2.45) is 0 Å². The highest BCUT2D eigenvalue weighted by atomic mass is 19.1. The van der Waals surface area contributed by atoms with Gasteiger partial charge in [0.05, 0.1) is 17.9 Å². The highest BCUT2D eigenvalue weighted by Crippen LogP contribution is 2.20. The van der Waals surface area contributed by atoms with Crippen molar-refractivity contribution in [1.82, 2.24) is 14.9 Å². The molecule has 1 amide bonds. The van der Waals surface area contributed by atoms with Crippen LogP contribution < -0.4 is 5.32 Å². The summed E-state index contributed by atoms with van der Waals surface area (Å²) < 4.78 is 16.3. The highest BCUT2D eigenvalue weighted by Gasteiger charge is 2.17. The minimum Gasteiger partial charge on any atom is -0.354 e. The Kier molecular flexibility index (Phi) is 7.70. The summed E-state index contributed by atoms with van der Waals surface area (Å²) in [5, 5.41) is 3.01. The predicted octanol–water partition coefficient (Wildman–Crippen LogP) is 4.71. The monoisotopic (exact) mass is 421 g/mol. The number of hydrogen-bond acceptors (Lipinski definition) is 3. The Labute approximate surface area is 182 Å². The molecule has 2 aromatic carbocycles. The zero-order chi connectivity index (χ0) is 22.2. The number of ketones is 1. The molecule has 0 saturated heterocycles. The van der Waals surface area contributed by atoms with E-state index in [1.807, 2.05) is 48.0 Å². The molecule has 0 aliphatic rings. The quantitative estimate of drug-likeness (QED) is 0.482. The number of nitrogens with zero attached hydrogens (tertiary/aromatic N) is 2. The molecule has 1 heterocycles. The molecule has 6 heteroatoms. The summed E-state index contributed by atoms with van der Waals surface area (Å²) in [6.07, 6.45) is 6.35. The molecular formula is C25H28FN3O2. The maximum Gasteiger partial charge on any atom is 0.220 e. The number of carbonyl (C=O) groups is 2. The van der Waals surface area contributed by atoms with E-state index in [0.29, 0.717) is 19.4 Å². The lowest BCUT2D eigenvalue weighted by molar-refractivity contribution is -0.121. The van der Waals surface area contributed by atoms with Crippen LogP contribution in [0.5, 0.6) is 0 Å². The topological polar surface area (TPSA) is 64.0 Å². The smallest absolute Gasteiger partial charge is 0.220 e. The maximum absolute atomic E-state index is 14.4. The summed E-state index contributed by atoms with van der Waals surface area (Å²) in [4.78, 5) is 28.4. The van der Waals surface area contributed by atoms with Gasteiger partial charge in [0, 0.05) is 31.8 Å². The number of nitrogens with one attached hydrogen (secondary N) is 1. The number of benzene rings is 2. The van der Waals surface area contributed by atoms with Crippen LogP contribution in [0.25, 0.3) is 0 Å². The molecule has 1 N–H and O–H groups in total. The first kappa shape index (κ1) is 22.4. The lowest BCUT2D eigenvalue weighted by atomic mass is 9.97. The summed E-state index contributed by atoms with van der Waals surface area (Å²) in [5.74, 6) is -0.633. The van der Waals surface area contributed by atoms with Gasteiger partial charge in [0.2, 0.25) is 5.91 Å². The van der Waals surface area contributed by atoms with E-state index in [4.69, 9.17) is 0 Å². The molecule has 1 aromatic heterocycles. The number of halogens is 1. The van der Waals surface area contributed by atoms with Gasteiger partial charge in [0.25, 0.3) is 0 Å². The summed E-state index contributed by atoms with van der Waals surface area (Å²) in [7, 11) is 0. The van der Waals surface area contributed by atoms with Crippen LogP contribution >= 0.6 is 0 Å². The van der Waals surface area contributed by atoms with Gasteiger partial charge in [-0.15, -0.1) is 0 Å². The normalized spacial score (nSPS) is 12.9. The van der Waals surface area contributed by atoms with Crippen molar-refractivity contribution < 1.29 is 14.0 Å². The predicted molar refractivity (Wildman–Crippen MR) is 118 cm³/mol. The van der Waals surface area contributed by atoms with Crippen LogP contribution in [0.15, 0.2) is 67.3 Å². The van der Waals surface area contributed by atoms with Crippen LogP contribution in [0.2, 0.25) is 0 Å². The second kappa shape index (κ2) is 10.7. The number of imidazole rings is 1. The van der Waals surface area contributed by atoms with Gasteiger partial charge in [-0.3, -0.25) is 9.59 Å². The van der Waals surface area contributed by atoms with E-state index in [9.17, 15) is 14.0 Å². The van der Waals surface area contributed by atoms with Crippen molar-refractivity contribution in [3.63, 3.8) is 0 Å². The molecule has 0 saturated carbocycles. The molecule has 31 heavy (non-hydrogen) atoms. The van der Waals surface area contributed by atoms with Gasteiger partial charge in [-0.2, -0.15) is 0 Å². The van der Waals surface area contributed by atoms with Crippen LogP contribution in [-0.2, 0) is 11.2 Å². The second-order valence-corrected chi connectivity index (χ2v) is 7.78.